The lowest BCUT2D eigenvalue weighted by Crippen LogP contribution is -2.28. The molecular formula is C102H64N4OS. The number of hydrogen-bond acceptors (Lipinski definition) is 6. The van der Waals surface area contributed by atoms with Crippen LogP contribution in [-0.4, -0.2) is 19.9 Å². The molecule has 20 aromatic rings. The van der Waals surface area contributed by atoms with Gasteiger partial charge in [0.05, 0.1) is 27.9 Å². The molecule has 504 valence electrons. The second kappa shape index (κ2) is 25.5. The molecule has 6 heteroatoms. The van der Waals surface area contributed by atoms with Gasteiger partial charge in [0.25, 0.3) is 0 Å². The average Bonchev–Trinajstić information content (AvgIpc) is 1.55. The van der Waals surface area contributed by atoms with Crippen molar-refractivity contribution in [2.75, 3.05) is 0 Å². The van der Waals surface area contributed by atoms with Gasteiger partial charge in [-0.25, -0.2) is 19.9 Å². The maximum absolute atomic E-state index is 6.15. The fourth-order valence-corrected chi connectivity index (χ4v) is 18.5. The van der Waals surface area contributed by atoms with Crippen molar-refractivity contribution in [2.24, 2.45) is 0 Å². The fourth-order valence-electron chi connectivity index (χ4n) is 17.5. The summed E-state index contributed by atoms with van der Waals surface area (Å²) in [5, 5.41) is 7.04. The number of hydrogen-bond donors (Lipinski definition) is 0. The summed E-state index contributed by atoms with van der Waals surface area (Å²) in [6.07, 6.45) is 0. The maximum Gasteiger partial charge on any atom is 0.246 e. The number of nitrogens with zero attached hydrogens (tertiary/aromatic N) is 4. The number of furan rings is 1. The lowest BCUT2D eigenvalue weighted by molar-refractivity contribution is 0.653. The van der Waals surface area contributed by atoms with Crippen LogP contribution in [-0.2, 0) is 10.8 Å². The first-order valence-corrected chi connectivity index (χ1v) is 37.6. The third-order valence-corrected chi connectivity index (χ3v) is 23.4. The van der Waals surface area contributed by atoms with Crippen molar-refractivity contribution in [3.8, 4) is 89.5 Å². The number of thiophene rings is 1. The van der Waals surface area contributed by atoms with Crippen LogP contribution in [0.2, 0.25) is 0 Å². The van der Waals surface area contributed by atoms with Gasteiger partial charge >= 0.3 is 0 Å². The first kappa shape index (κ1) is 62.8. The first-order valence-electron chi connectivity index (χ1n) is 36.8. The predicted molar refractivity (Wildman–Crippen MR) is 446 cm³/mol. The van der Waals surface area contributed by atoms with Gasteiger partial charge in [-0.05, 0) is 159 Å². The third-order valence-electron chi connectivity index (χ3n) is 22.3. The van der Waals surface area contributed by atoms with Gasteiger partial charge in [-0.15, -0.1) is 11.3 Å². The highest BCUT2D eigenvalue weighted by molar-refractivity contribution is 7.25. The summed E-state index contributed by atoms with van der Waals surface area (Å²) in [5.41, 5.74) is 30.0. The summed E-state index contributed by atoms with van der Waals surface area (Å²) in [6, 6.07) is 140. The SMILES string of the molecule is c1ccc(-c2nc3oc4ccccc4c3nc2-c2ccc(-c3ccc4c5c(ccc4c3)C(c3ccccc3)(c3ccccc3)c3ccccc3-5)cc2)cc1.c1ccc(-c2nc3sc4ccccc4c3nc2-c2cccc(-c3ccc4cc5c(cc4c3)-c3ccccc3C5(c3ccccc3)c3ccccc3)c2)cc1. The maximum atomic E-state index is 6.15. The lowest BCUT2D eigenvalue weighted by Gasteiger charge is -2.34. The predicted octanol–water partition coefficient (Wildman–Crippen LogP) is 26.3. The highest BCUT2D eigenvalue weighted by Crippen LogP contribution is 2.60. The van der Waals surface area contributed by atoms with E-state index in [9.17, 15) is 0 Å². The van der Waals surface area contributed by atoms with Gasteiger partial charge in [0.1, 0.15) is 27.1 Å². The van der Waals surface area contributed by atoms with E-state index in [2.05, 4.69) is 340 Å². The van der Waals surface area contributed by atoms with Crippen LogP contribution in [0.4, 0.5) is 0 Å². The molecule has 0 bridgehead atoms. The minimum Gasteiger partial charge on any atom is -0.436 e. The minimum atomic E-state index is -0.415. The molecule has 0 aliphatic heterocycles. The van der Waals surface area contributed by atoms with Gasteiger partial charge in [-0.3, -0.25) is 0 Å². The van der Waals surface area contributed by atoms with Crippen molar-refractivity contribution in [2.45, 2.75) is 10.8 Å². The highest BCUT2D eigenvalue weighted by Gasteiger charge is 2.48. The number of aromatic nitrogens is 4. The molecule has 0 atom stereocenters. The summed E-state index contributed by atoms with van der Waals surface area (Å²) in [7, 11) is 0. The molecule has 0 spiro atoms. The van der Waals surface area contributed by atoms with Crippen LogP contribution in [0.25, 0.3) is 154 Å². The number of rotatable bonds is 10. The van der Waals surface area contributed by atoms with Crippen molar-refractivity contribution in [3.05, 3.63) is 433 Å². The quantitative estimate of drug-likeness (QED) is 0.137. The Balaban J connectivity index is 0.000000138. The smallest absolute Gasteiger partial charge is 0.246 e. The van der Waals surface area contributed by atoms with Crippen LogP contribution in [0, 0.1) is 0 Å². The Morgan fingerprint density at radius 2 is 0.694 bits per heavy atom. The van der Waals surface area contributed by atoms with E-state index in [1.807, 2.05) is 48.5 Å². The first-order chi connectivity index (χ1) is 53.5. The zero-order chi connectivity index (χ0) is 71.3. The number of para-hydroxylation sites is 1. The van der Waals surface area contributed by atoms with Crippen LogP contribution in [0.1, 0.15) is 44.5 Å². The van der Waals surface area contributed by atoms with Gasteiger partial charge in [-0.1, -0.05) is 340 Å². The summed E-state index contributed by atoms with van der Waals surface area (Å²) < 4.78 is 7.35. The average molecular weight is 1390 g/mol. The topological polar surface area (TPSA) is 64.7 Å². The van der Waals surface area contributed by atoms with E-state index >= 15 is 0 Å². The van der Waals surface area contributed by atoms with Crippen LogP contribution >= 0.6 is 11.3 Å². The molecular weight excluding hydrogens is 1330 g/mol. The number of benzene rings is 16. The Bertz CT molecular complexity index is 6820. The Labute approximate surface area is 628 Å². The van der Waals surface area contributed by atoms with Crippen molar-refractivity contribution in [3.63, 3.8) is 0 Å². The Kier molecular flexibility index (Phi) is 14.8. The largest absolute Gasteiger partial charge is 0.436 e. The van der Waals surface area contributed by atoms with Crippen LogP contribution in [0.15, 0.2) is 393 Å². The van der Waals surface area contributed by atoms with Crippen LogP contribution in [0.3, 0.4) is 0 Å². The van der Waals surface area contributed by atoms with Gasteiger partial charge in [-0.2, -0.15) is 0 Å². The zero-order valence-electron chi connectivity index (χ0n) is 58.6. The second-order valence-corrected chi connectivity index (χ2v) is 29.2. The molecule has 5 nitrogen and oxygen atoms in total. The number of fused-ring (bicyclic) bond motifs is 15. The molecule has 2 aliphatic carbocycles. The summed E-state index contributed by atoms with van der Waals surface area (Å²) in [5.74, 6) is 0. The molecule has 16 aromatic carbocycles. The van der Waals surface area contributed by atoms with E-state index in [0.717, 1.165) is 88.4 Å². The van der Waals surface area contributed by atoms with Crippen molar-refractivity contribution < 1.29 is 4.42 Å². The highest BCUT2D eigenvalue weighted by atomic mass is 32.1. The molecule has 0 amide bonds. The fraction of sp³-hybridized carbons (Fsp3) is 0.0196. The zero-order valence-corrected chi connectivity index (χ0v) is 59.4. The Morgan fingerprint density at radius 3 is 1.37 bits per heavy atom. The molecule has 0 saturated carbocycles. The molecule has 4 heterocycles. The molecule has 0 unspecified atom stereocenters. The van der Waals surface area contributed by atoms with E-state index in [4.69, 9.17) is 24.4 Å². The summed E-state index contributed by atoms with van der Waals surface area (Å²) >= 11 is 1.70. The molecule has 0 fully saturated rings. The molecule has 0 saturated heterocycles. The van der Waals surface area contributed by atoms with Gasteiger partial charge < -0.3 is 4.42 Å². The van der Waals surface area contributed by atoms with Gasteiger partial charge in [0.15, 0.2) is 0 Å². The monoisotopic (exact) mass is 1390 g/mol. The van der Waals surface area contributed by atoms with Crippen molar-refractivity contribution in [1.29, 1.82) is 0 Å². The third kappa shape index (κ3) is 9.99. The Morgan fingerprint density at radius 1 is 0.241 bits per heavy atom. The van der Waals surface area contributed by atoms with Gasteiger partial charge in [0.2, 0.25) is 5.71 Å². The molecule has 22 rings (SSSR count). The van der Waals surface area contributed by atoms with E-state index in [0.29, 0.717) is 5.71 Å². The lowest BCUT2D eigenvalue weighted by atomic mass is 9.67. The van der Waals surface area contributed by atoms with Crippen molar-refractivity contribution >= 4 is 75.5 Å². The summed E-state index contributed by atoms with van der Waals surface area (Å²) in [6.45, 7) is 0. The molecule has 2 aliphatic rings. The Hall–Kier alpha value is -13.8. The molecule has 108 heavy (non-hydrogen) atoms. The molecule has 0 N–H and O–H groups in total. The standard InChI is InChI=1S/C51H32N2O.C51H32N2S/c1-4-14-34(15-5-1)48-47(52-49-42-21-11-13-23-45(42)54-50(49)53-48)35-26-24-33(25-27-35)36-28-30-40-37(32-36)29-31-44-46(40)41-20-10-12-22-43(41)51(44,38-16-6-2-7-17-38)39-18-8-3-9-19-39;1-4-15-33(16-5-1)47-48(52-49-42-24-11-13-26-46(42)54-50(49)53-47)37-18-14-17-34(29-37)35-27-28-36-32-45-43(31-38(36)30-35)41-23-10-12-25-44(41)51(45,39-19-6-2-7-20-39)40-21-8-3-9-22-40/h2*1-32H. The molecule has 4 aromatic heterocycles. The second-order valence-electron chi connectivity index (χ2n) is 28.2. The minimum absolute atomic E-state index is 0.412. The van der Waals surface area contributed by atoms with E-state index in [-0.39, 0.29) is 0 Å². The van der Waals surface area contributed by atoms with Crippen molar-refractivity contribution in [1.82, 2.24) is 19.9 Å². The van der Waals surface area contributed by atoms with E-state index in [1.165, 1.54) is 104 Å². The van der Waals surface area contributed by atoms with Crippen LogP contribution < -0.4 is 0 Å². The van der Waals surface area contributed by atoms with E-state index in [1.54, 1.807) is 11.3 Å². The molecule has 0 radical (unpaired) electrons. The van der Waals surface area contributed by atoms with E-state index < -0.39 is 10.8 Å². The normalized spacial score (nSPS) is 13.0. The summed E-state index contributed by atoms with van der Waals surface area (Å²) in [4.78, 5) is 21.8. The van der Waals surface area contributed by atoms with Gasteiger partial charge in [0, 0.05) is 37.7 Å². The van der Waals surface area contributed by atoms with Crippen LogP contribution in [0.5, 0.6) is 0 Å².